The number of ether oxygens (including phenoxy) is 1. The summed E-state index contributed by atoms with van der Waals surface area (Å²) in [5.41, 5.74) is 0.770. The highest BCUT2D eigenvalue weighted by atomic mass is 16.5. The van der Waals surface area contributed by atoms with Gasteiger partial charge in [0.1, 0.15) is 0 Å². The molecule has 1 atom stereocenters. The third-order valence-corrected chi connectivity index (χ3v) is 3.20. The highest BCUT2D eigenvalue weighted by molar-refractivity contribution is 5.81. The molecule has 0 aliphatic heterocycles. The predicted molar refractivity (Wildman–Crippen MR) is 78.7 cm³/mol. The van der Waals surface area contributed by atoms with Crippen molar-refractivity contribution in [1.82, 2.24) is 4.98 Å². The molecule has 1 unspecified atom stereocenters. The van der Waals surface area contributed by atoms with E-state index in [4.69, 9.17) is 4.74 Å². The standard InChI is InChI=1S/C16H19NO3/c1-3-20-15(18)9-11(2)8-13-10-12-6-4-5-7-14(12)16(19)17-13/h4-7,10-11H,3,8-9H2,1-2H3,(H,17,19). The summed E-state index contributed by atoms with van der Waals surface area (Å²) in [4.78, 5) is 26.3. The lowest BCUT2D eigenvalue weighted by Gasteiger charge is -2.11. The number of esters is 1. The molecule has 1 heterocycles. The maximum atomic E-state index is 12.0. The van der Waals surface area contributed by atoms with Crippen molar-refractivity contribution in [3.05, 3.63) is 46.4 Å². The van der Waals surface area contributed by atoms with Gasteiger partial charge in [-0.2, -0.15) is 0 Å². The summed E-state index contributed by atoms with van der Waals surface area (Å²) in [6, 6.07) is 9.46. The van der Waals surface area contributed by atoms with E-state index in [0.29, 0.717) is 24.8 Å². The van der Waals surface area contributed by atoms with Crippen molar-refractivity contribution in [3.8, 4) is 0 Å². The van der Waals surface area contributed by atoms with Crippen molar-refractivity contribution in [2.24, 2.45) is 5.92 Å². The molecule has 0 aliphatic carbocycles. The zero-order valence-corrected chi connectivity index (χ0v) is 11.8. The highest BCUT2D eigenvalue weighted by Crippen LogP contribution is 2.14. The van der Waals surface area contributed by atoms with Gasteiger partial charge in [0.25, 0.3) is 5.56 Å². The van der Waals surface area contributed by atoms with Gasteiger partial charge >= 0.3 is 5.97 Å². The van der Waals surface area contributed by atoms with E-state index in [1.54, 1.807) is 13.0 Å². The molecule has 2 aromatic rings. The average molecular weight is 273 g/mol. The SMILES string of the molecule is CCOC(=O)CC(C)Cc1cc2ccccc2c(=O)[nH]1. The minimum Gasteiger partial charge on any atom is -0.466 e. The molecule has 0 aliphatic rings. The van der Waals surface area contributed by atoms with Crippen LogP contribution in [0, 0.1) is 5.92 Å². The Bertz CT molecular complexity index is 660. The number of carbonyl (C=O) groups is 1. The van der Waals surface area contributed by atoms with Gasteiger partial charge in [-0.05, 0) is 36.8 Å². The Morgan fingerprint density at radius 3 is 2.85 bits per heavy atom. The Balaban J connectivity index is 2.14. The van der Waals surface area contributed by atoms with Gasteiger partial charge in [-0.3, -0.25) is 9.59 Å². The van der Waals surface area contributed by atoms with E-state index < -0.39 is 0 Å². The molecule has 0 amide bonds. The van der Waals surface area contributed by atoms with Gasteiger partial charge in [0.15, 0.2) is 0 Å². The average Bonchev–Trinajstić information content (AvgIpc) is 2.38. The maximum absolute atomic E-state index is 12.0. The second kappa shape index (κ2) is 6.37. The monoisotopic (exact) mass is 273 g/mol. The first-order valence-electron chi connectivity index (χ1n) is 6.86. The van der Waals surface area contributed by atoms with E-state index in [1.165, 1.54) is 0 Å². The number of rotatable bonds is 5. The lowest BCUT2D eigenvalue weighted by molar-refractivity contribution is -0.144. The molecule has 0 saturated carbocycles. The van der Waals surface area contributed by atoms with Crippen molar-refractivity contribution >= 4 is 16.7 Å². The van der Waals surface area contributed by atoms with Crippen LogP contribution in [0.5, 0.6) is 0 Å². The Morgan fingerprint density at radius 2 is 2.10 bits per heavy atom. The molecular formula is C16H19NO3. The molecule has 20 heavy (non-hydrogen) atoms. The molecule has 4 nitrogen and oxygen atoms in total. The first kappa shape index (κ1) is 14.3. The number of hydrogen-bond donors (Lipinski definition) is 1. The van der Waals surface area contributed by atoms with Crippen LogP contribution < -0.4 is 5.56 Å². The van der Waals surface area contributed by atoms with Crippen LogP contribution in [-0.4, -0.2) is 17.6 Å². The lowest BCUT2D eigenvalue weighted by Crippen LogP contribution is -2.15. The fourth-order valence-corrected chi connectivity index (χ4v) is 2.33. The van der Waals surface area contributed by atoms with Crippen LogP contribution in [0.25, 0.3) is 10.8 Å². The number of aromatic amines is 1. The van der Waals surface area contributed by atoms with Crippen LogP contribution in [0.3, 0.4) is 0 Å². The van der Waals surface area contributed by atoms with E-state index in [9.17, 15) is 9.59 Å². The second-order valence-electron chi connectivity index (χ2n) is 5.03. The van der Waals surface area contributed by atoms with E-state index in [2.05, 4.69) is 4.98 Å². The molecular weight excluding hydrogens is 254 g/mol. The van der Waals surface area contributed by atoms with E-state index in [-0.39, 0.29) is 17.4 Å². The fourth-order valence-electron chi connectivity index (χ4n) is 2.33. The first-order chi connectivity index (χ1) is 9.60. The van der Waals surface area contributed by atoms with Crippen molar-refractivity contribution in [1.29, 1.82) is 0 Å². The number of H-pyrrole nitrogens is 1. The van der Waals surface area contributed by atoms with Gasteiger partial charge in [-0.1, -0.05) is 25.1 Å². The van der Waals surface area contributed by atoms with Gasteiger partial charge in [-0.15, -0.1) is 0 Å². The quantitative estimate of drug-likeness (QED) is 0.852. The lowest BCUT2D eigenvalue weighted by atomic mass is 10.0. The summed E-state index contributed by atoms with van der Waals surface area (Å²) in [6.45, 7) is 4.17. The number of carbonyl (C=O) groups excluding carboxylic acids is 1. The Morgan fingerprint density at radius 1 is 1.35 bits per heavy atom. The summed E-state index contributed by atoms with van der Waals surface area (Å²) in [5.74, 6) is -0.0611. The van der Waals surface area contributed by atoms with Gasteiger partial charge in [0, 0.05) is 17.5 Å². The topological polar surface area (TPSA) is 59.2 Å². The molecule has 0 radical (unpaired) electrons. The smallest absolute Gasteiger partial charge is 0.306 e. The molecule has 106 valence electrons. The van der Waals surface area contributed by atoms with Gasteiger partial charge in [0.05, 0.1) is 6.61 Å². The fraction of sp³-hybridized carbons (Fsp3) is 0.375. The molecule has 0 fully saturated rings. The van der Waals surface area contributed by atoms with Gasteiger partial charge in [0.2, 0.25) is 0 Å². The third kappa shape index (κ3) is 3.47. The summed E-state index contributed by atoms with van der Waals surface area (Å²) in [6.07, 6.45) is 1.02. The maximum Gasteiger partial charge on any atom is 0.306 e. The van der Waals surface area contributed by atoms with Crippen molar-refractivity contribution in [2.45, 2.75) is 26.7 Å². The van der Waals surface area contributed by atoms with Crippen LogP contribution in [0.15, 0.2) is 35.1 Å². The molecule has 1 N–H and O–H groups in total. The number of fused-ring (bicyclic) bond motifs is 1. The van der Waals surface area contributed by atoms with Crippen LogP contribution >= 0.6 is 0 Å². The normalized spacial score (nSPS) is 12.3. The number of nitrogens with one attached hydrogen (secondary N) is 1. The molecule has 0 saturated heterocycles. The summed E-state index contributed by atoms with van der Waals surface area (Å²) >= 11 is 0. The Kier molecular flexibility index (Phi) is 4.56. The van der Waals surface area contributed by atoms with Crippen LogP contribution in [-0.2, 0) is 16.0 Å². The summed E-state index contributed by atoms with van der Waals surface area (Å²) < 4.78 is 4.93. The number of hydrogen-bond acceptors (Lipinski definition) is 3. The zero-order valence-electron chi connectivity index (χ0n) is 11.8. The molecule has 2 rings (SSSR count). The number of aromatic nitrogens is 1. The van der Waals surface area contributed by atoms with Crippen molar-refractivity contribution < 1.29 is 9.53 Å². The minimum atomic E-state index is -0.192. The molecule has 4 heteroatoms. The minimum absolute atomic E-state index is 0.0820. The van der Waals surface area contributed by atoms with E-state index >= 15 is 0 Å². The van der Waals surface area contributed by atoms with Gasteiger partial charge < -0.3 is 9.72 Å². The summed E-state index contributed by atoms with van der Waals surface area (Å²) in [5, 5.41) is 1.61. The Hall–Kier alpha value is -2.10. The highest BCUT2D eigenvalue weighted by Gasteiger charge is 2.12. The Labute approximate surface area is 117 Å². The van der Waals surface area contributed by atoms with Crippen LogP contribution in [0.4, 0.5) is 0 Å². The van der Waals surface area contributed by atoms with Crippen LogP contribution in [0.1, 0.15) is 26.0 Å². The number of pyridine rings is 1. The molecule has 1 aromatic heterocycles. The van der Waals surface area contributed by atoms with Crippen LogP contribution in [0.2, 0.25) is 0 Å². The second-order valence-corrected chi connectivity index (χ2v) is 5.03. The zero-order chi connectivity index (χ0) is 14.5. The number of benzene rings is 1. The largest absolute Gasteiger partial charge is 0.466 e. The van der Waals surface area contributed by atoms with E-state index in [1.807, 2.05) is 31.2 Å². The van der Waals surface area contributed by atoms with Crippen molar-refractivity contribution in [2.75, 3.05) is 6.61 Å². The van der Waals surface area contributed by atoms with Gasteiger partial charge in [-0.25, -0.2) is 0 Å². The first-order valence-corrected chi connectivity index (χ1v) is 6.86. The molecule has 1 aromatic carbocycles. The predicted octanol–water partition coefficient (Wildman–Crippen LogP) is 2.66. The van der Waals surface area contributed by atoms with E-state index in [0.717, 1.165) is 11.1 Å². The third-order valence-electron chi connectivity index (χ3n) is 3.20. The molecule has 0 bridgehead atoms. The van der Waals surface area contributed by atoms with Crippen molar-refractivity contribution in [3.63, 3.8) is 0 Å². The molecule has 0 spiro atoms. The summed E-state index contributed by atoms with van der Waals surface area (Å²) in [7, 11) is 0.